The number of carbonyl (C=O) groups is 4. The third-order valence-electron chi connectivity index (χ3n) is 11.7. The Bertz CT molecular complexity index is 2350. The van der Waals surface area contributed by atoms with Crippen molar-refractivity contribution in [1.82, 2.24) is 35.6 Å². The average Bonchev–Trinajstić information content (AvgIpc) is 3.36. The van der Waals surface area contributed by atoms with Gasteiger partial charge in [-0.15, -0.1) is 0 Å². The van der Waals surface area contributed by atoms with Crippen molar-refractivity contribution < 1.29 is 85.2 Å². The zero-order valence-corrected chi connectivity index (χ0v) is 52.4. The van der Waals surface area contributed by atoms with Gasteiger partial charge in [0.2, 0.25) is 0 Å². The van der Waals surface area contributed by atoms with Crippen molar-refractivity contribution >= 4 is 159 Å². The summed E-state index contributed by atoms with van der Waals surface area (Å²) in [5.41, 5.74) is 0.388. The number of aliphatic hydroxyl groups excluding tert-OH is 6. The van der Waals surface area contributed by atoms with Gasteiger partial charge in [0.15, 0.2) is 0 Å². The Balaban J connectivity index is 1.81. The SMILES string of the molecule is COc1c(I)c(C(=O)NCC(O)CO)c(I)c(O)c1CN1CCN(Cc2c(O)c(I)c(C(=O)NCC(O)CO)c(I)c2O)CCN(CC(=O)O)CCN(Cc2c(O)c(I)c(C(=O)NCC(O)CO)c(I)c2O)CC1. The van der Waals surface area contributed by atoms with Crippen molar-refractivity contribution in [2.24, 2.45) is 0 Å². The molecule has 0 radical (unpaired) electrons. The first-order chi connectivity index (χ1) is 34.9. The van der Waals surface area contributed by atoms with Crippen LogP contribution in [0.5, 0.6) is 34.5 Å². The summed E-state index contributed by atoms with van der Waals surface area (Å²) in [4.78, 5) is 59.5. The van der Waals surface area contributed by atoms with Crippen LogP contribution in [0.15, 0.2) is 0 Å². The van der Waals surface area contributed by atoms with Gasteiger partial charge in [-0.25, -0.2) is 0 Å². The second-order valence-electron chi connectivity index (χ2n) is 16.9. The number of nitrogens with zero attached hydrogens (tertiary/aromatic N) is 4. The summed E-state index contributed by atoms with van der Waals surface area (Å²) < 4.78 is 6.74. The van der Waals surface area contributed by atoms with Gasteiger partial charge in [0.25, 0.3) is 17.7 Å². The summed E-state index contributed by atoms with van der Waals surface area (Å²) in [5, 5.41) is 133. The number of hydrogen-bond donors (Lipinski definition) is 15. The Morgan fingerprint density at radius 2 is 0.730 bits per heavy atom. The molecule has 3 aromatic carbocycles. The molecule has 1 aliphatic rings. The molecule has 412 valence electrons. The number of benzene rings is 3. The fraction of sp³-hybridized carbons (Fsp3) is 0.500. The van der Waals surface area contributed by atoms with E-state index in [2.05, 4.69) is 16.0 Å². The number of rotatable bonds is 21. The smallest absolute Gasteiger partial charge is 0.317 e. The van der Waals surface area contributed by atoms with Gasteiger partial charge in [0.1, 0.15) is 34.5 Å². The number of aliphatic carboxylic acids is 1. The number of carboxylic acids is 1. The van der Waals surface area contributed by atoms with E-state index in [0.717, 1.165) is 0 Å². The minimum absolute atomic E-state index is 0.00111. The molecular formula is C44H57I6N7O17. The van der Waals surface area contributed by atoms with Gasteiger partial charge in [-0.1, -0.05) is 0 Å². The Kier molecular flexibility index (Phi) is 26.8. The molecule has 0 spiro atoms. The van der Waals surface area contributed by atoms with E-state index >= 15 is 0 Å². The van der Waals surface area contributed by atoms with Gasteiger partial charge in [-0.2, -0.15) is 0 Å². The lowest BCUT2D eigenvalue weighted by Gasteiger charge is -2.35. The van der Waals surface area contributed by atoms with Crippen LogP contribution in [0.1, 0.15) is 47.8 Å². The molecule has 0 aromatic heterocycles. The second kappa shape index (κ2) is 30.6. The van der Waals surface area contributed by atoms with Crippen molar-refractivity contribution in [3.8, 4) is 34.5 Å². The number of aliphatic hydroxyl groups is 6. The predicted octanol–water partition coefficient (Wildman–Crippen LogP) is 0.306. The highest BCUT2D eigenvalue weighted by atomic mass is 127. The molecule has 15 N–H and O–H groups in total. The number of amides is 3. The fourth-order valence-corrected chi connectivity index (χ4v) is 14.4. The molecule has 0 bridgehead atoms. The van der Waals surface area contributed by atoms with E-state index in [9.17, 15) is 80.5 Å². The van der Waals surface area contributed by atoms with Crippen LogP contribution in [0.2, 0.25) is 0 Å². The lowest BCUT2D eigenvalue weighted by molar-refractivity contribution is -0.138. The van der Waals surface area contributed by atoms with Gasteiger partial charge in [-0.3, -0.25) is 38.8 Å². The summed E-state index contributed by atoms with van der Waals surface area (Å²) in [5.74, 6) is -4.87. The largest absolute Gasteiger partial charge is 0.506 e. The van der Waals surface area contributed by atoms with E-state index in [-0.39, 0.29) is 155 Å². The molecule has 3 amide bonds. The Morgan fingerprint density at radius 3 is 1.00 bits per heavy atom. The maximum atomic E-state index is 13.4. The monoisotopic (exact) mass is 1720 g/mol. The van der Waals surface area contributed by atoms with Gasteiger partial charge in [0, 0.05) is 91.6 Å². The summed E-state index contributed by atoms with van der Waals surface area (Å²) in [7, 11) is 1.37. The van der Waals surface area contributed by atoms with Crippen LogP contribution in [0, 0.1) is 21.4 Å². The van der Waals surface area contributed by atoms with E-state index in [1.807, 2.05) is 59.9 Å². The first-order valence-electron chi connectivity index (χ1n) is 22.3. The maximum absolute atomic E-state index is 13.4. The number of phenolic OH excluding ortho intramolecular Hbond substituents is 5. The number of halogens is 6. The van der Waals surface area contributed by atoms with E-state index in [4.69, 9.17) is 4.74 Å². The summed E-state index contributed by atoms with van der Waals surface area (Å²) >= 11 is 10.9. The predicted molar refractivity (Wildman–Crippen MR) is 317 cm³/mol. The van der Waals surface area contributed by atoms with E-state index < -0.39 is 84.8 Å². The molecule has 3 atom stereocenters. The van der Waals surface area contributed by atoms with Gasteiger partial charge < -0.3 is 82.0 Å². The summed E-state index contributed by atoms with van der Waals surface area (Å²) in [6.45, 7) is -1.83. The highest BCUT2D eigenvalue weighted by Gasteiger charge is 2.32. The molecule has 4 rings (SSSR count). The zero-order chi connectivity index (χ0) is 55.3. The van der Waals surface area contributed by atoms with Crippen LogP contribution in [0.25, 0.3) is 0 Å². The summed E-state index contributed by atoms with van der Waals surface area (Å²) in [6.07, 6.45) is -3.72. The molecule has 1 aliphatic heterocycles. The van der Waals surface area contributed by atoms with Gasteiger partial charge in [0.05, 0.1) is 107 Å². The Morgan fingerprint density at radius 1 is 0.473 bits per heavy atom. The van der Waals surface area contributed by atoms with Gasteiger partial charge in [-0.05, 0) is 136 Å². The minimum Gasteiger partial charge on any atom is -0.506 e. The molecule has 1 saturated heterocycles. The topological polar surface area (TPSA) is 369 Å². The lowest BCUT2D eigenvalue weighted by Crippen LogP contribution is -2.46. The van der Waals surface area contributed by atoms with Crippen LogP contribution in [0.4, 0.5) is 0 Å². The standard InChI is InChI=1S/C44H57I6N7O17/c1-74-41-25(40(70)34(49)29(35(41)50)44(73)53-12-22(63)19-60)15-56-4-2-54(13-23-36(66)30(45)27(31(46)37(23)67)42(71)51-10-20(61)17-58)6-8-57(16-26(64)65)9-7-55(3-5-56)14-24-38(68)32(47)28(33(48)39(24)69)43(72)52-11-21(62)18-59/h20-22,58-63,66-70H,2-19H2,1H3,(H,51,71)(H,52,72)(H,53,73)(H,64,65). The average molecular weight is 1720 g/mol. The van der Waals surface area contributed by atoms with E-state index in [1.54, 1.807) is 95.3 Å². The number of phenols is 5. The maximum Gasteiger partial charge on any atom is 0.317 e. The van der Waals surface area contributed by atoms with Crippen molar-refractivity contribution in [2.75, 3.05) is 105 Å². The van der Waals surface area contributed by atoms with Crippen LogP contribution < -0.4 is 20.7 Å². The van der Waals surface area contributed by atoms with Crippen LogP contribution in [-0.4, -0.2) is 228 Å². The molecule has 3 aromatic rings. The van der Waals surface area contributed by atoms with Gasteiger partial charge >= 0.3 is 5.97 Å². The number of carbonyl (C=O) groups excluding carboxylic acids is 3. The summed E-state index contributed by atoms with van der Waals surface area (Å²) in [6, 6.07) is 0. The van der Waals surface area contributed by atoms with Crippen LogP contribution >= 0.6 is 136 Å². The first-order valence-corrected chi connectivity index (χ1v) is 28.8. The highest BCUT2D eigenvalue weighted by molar-refractivity contribution is 14.1. The number of carboxylic acid groups (broad SMARTS) is 1. The van der Waals surface area contributed by atoms with E-state index in [0.29, 0.717) is 9.13 Å². The van der Waals surface area contributed by atoms with Crippen LogP contribution in [-0.2, 0) is 24.4 Å². The fourth-order valence-electron chi connectivity index (χ4n) is 7.54. The zero-order valence-electron chi connectivity index (χ0n) is 39.4. The molecule has 1 fully saturated rings. The number of aromatic hydroxyl groups is 5. The molecule has 30 heteroatoms. The molecule has 24 nitrogen and oxygen atoms in total. The van der Waals surface area contributed by atoms with Crippen molar-refractivity contribution in [2.45, 2.75) is 37.9 Å². The molecule has 3 unspecified atom stereocenters. The normalized spacial score (nSPS) is 15.9. The first kappa shape index (κ1) is 64.8. The molecule has 0 aliphatic carbocycles. The number of ether oxygens (including phenoxy) is 1. The third-order valence-corrected chi connectivity index (χ3v) is 18.0. The molecule has 0 saturated carbocycles. The Labute approximate surface area is 507 Å². The minimum atomic E-state index is -1.25. The number of methoxy groups -OCH3 is 1. The quantitative estimate of drug-likeness (QED) is 0.0638. The lowest BCUT2D eigenvalue weighted by atomic mass is 10.1. The van der Waals surface area contributed by atoms with Crippen molar-refractivity contribution in [1.29, 1.82) is 0 Å². The van der Waals surface area contributed by atoms with Crippen molar-refractivity contribution in [3.05, 3.63) is 54.8 Å². The number of nitrogens with one attached hydrogen (secondary N) is 3. The molecule has 1 heterocycles. The Hall–Kier alpha value is -1.68. The van der Waals surface area contributed by atoms with E-state index in [1.165, 1.54) is 7.11 Å². The van der Waals surface area contributed by atoms with Crippen LogP contribution in [0.3, 0.4) is 0 Å². The third kappa shape index (κ3) is 16.9. The number of hydrogen-bond acceptors (Lipinski definition) is 20. The molecule has 74 heavy (non-hydrogen) atoms. The second-order valence-corrected chi connectivity index (χ2v) is 23.3. The molecular weight excluding hydrogens is 1660 g/mol. The van der Waals surface area contributed by atoms with Crippen molar-refractivity contribution in [3.63, 3.8) is 0 Å². The highest BCUT2D eigenvalue weighted by Crippen LogP contribution is 2.43.